The SMILES string of the molecule is O=[N+]([O-])c1cc([N+](=O)[O-])c2nn(-c3cccc4ccccc34)nc2c1. The Morgan fingerprint density at radius 2 is 1.64 bits per heavy atom. The molecule has 0 aliphatic rings. The third kappa shape index (κ3) is 2.34. The molecule has 0 radical (unpaired) electrons. The lowest BCUT2D eigenvalue weighted by molar-refractivity contribution is -0.393. The van der Waals surface area contributed by atoms with Crippen LogP contribution < -0.4 is 0 Å². The van der Waals surface area contributed by atoms with E-state index in [1.165, 1.54) is 10.9 Å². The monoisotopic (exact) mass is 335 g/mol. The summed E-state index contributed by atoms with van der Waals surface area (Å²) >= 11 is 0. The molecule has 1 aromatic heterocycles. The van der Waals surface area contributed by atoms with Crippen molar-refractivity contribution >= 4 is 33.2 Å². The Kier molecular flexibility index (Phi) is 3.14. The van der Waals surface area contributed by atoms with Gasteiger partial charge >= 0.3 is 5.69 Å². The van der Waals surface area contributed by atoms with Crippen LogP contribution in [0.15, 0.2) is 54.6 Å². The molecule has 4 rings (SSSR count). The number of hydrogen-bond acceptors (Lipinski definition) is 6. The maximum absolute atomic E-state index is 11.3. The van der Waals surface area contributed by atoms with Crippen molar-refractivity contribution in [3.05, 3.63) is 74.8 Å². The Morgan fingerprint density at radius 3 is 2.40 bits per heavy atom. The molecule has 4 aromatic rings. The van der Waals surface area contributed by atoms with Crippen LogP contribution in [0.25, 0.3) is 27.5 Å². The first-order chi connectivity index (χ1) is 12.0. The van der Waals surface area contributed by atoms with E-state index in [1.54, 1.807) is 6.07 Å². The van der Waals surface area contributed by atoms with Crippen LogP contribution in [0.2, 0.25) is 0 Å². The van der Waals surface area contributed by atoms with Gasteiger partial charge in [-0.1, -0.05) is 36.4 Å². The Hall–Kier alpha value is -3.88. The molecule has 122 valence electrons. The second kappa shape index (κ2) is 5.34. The van der Waals surface area contributed by atoms with Gasteiger partial charge < -0.3 is 0 Å². The van der Waals surface area contributed by atoms with Crippen molar-refractivity contribution in [3.63, 3.8) is 0 Å². The molecule has 0 saturated heterocycles. The van der Waals surface area contributed by atoms with Crippen LogP contribution in [0.5, 0.6) is 0 Å². The van der Waals surface area contributed by atoms with E-state index in [-0.39, 0.29) is 11.0 Å². The molecule has 9 nitrogen and oxygen atoms in total. The zero-order valence-corrected chi connectivity index (χ0v) is 12.6. The molecule has 0 bridgehead atoms. The van der Waals surface area contributed by atoms with Crippen LogP contribution in [-0.4, -0.2) is 24.8 Å². The maximum Gasteiger partial charge on any atom is 0.305 e. The molecule has 9 heteroatoms. The fraction of sp³-hybridized carbons (Fsp3) is 0. The molecule has 0 aliphatic carbocycles. The fourth-order valence-corrected chi connectivity index (χ4v) is 2.72. The van der Waals surface area contributed by atoms with Crippen molar-refractivity contribution in [1.29, 1.82) is 0 Å². The zero-order chi connectivity index (χ0) is 17.6. The summed E-state index contributed by atoms with van der Waals surface area (Å²) in [6, 6.07) is 15.2. The van der Waals surface area contributed by atoms with E-state index in [0.29, 0.717) is 5.69 Å². The third-order valence-corrected chi connectivity index (χ3v) is 3.84. The van der Waals surface area contributed by atoms with E-state index in [4.69, 9.17) is 0 Å². The average Bonchev–Trinajstić information content (AvgIpc) is 3.03. The van der Waals surface area contributed by atoms with Crippen LogP contribution in [0.1, 0.15) is 0 Å². The normalized spacial score (nSPS) is 11.0. The predicted molar refractivity (Wildman–Crippen MR) is 89.7 cm³/mol. The molecule has 0 saturated carbocycles. The molecular formula is C16H9N5O4. The second-order valence-corrected chi connectivity index (χ2v) is 5.33. The van der Waals surface area contributed by atoms with E-state index >= 15 is 0 Å². The van der Waals surface area contributed by atoms with E-state index < -0.39 is 21.2 Å². The van der Waals surface area contributed by atoms with Gasteiger partial charge in [0, 0.05) is 11.5 Å². The largest absolute Gasteiger partial charge is 0.305 e. The molecule has 0 aliphatic heterocycles. The highest BCUT2D eigenvalue weighted by atomic mass is 16.6. The summed E-state index contributed by atoms with van der Waals surface area (Å²) in [5, 5.41) is 32.5. The van der Waals surface area contributed by atoms with Gasteiger partial charge in [0.15, 0.2) is 5.52 Å². The lowest BCUT2D eigenvalue weighted by Crippen LogP contribution is -1.99. The first-order valence-electron chi connectivity index (χ1n) is 7.22. The number of non-ortho nitro benzene ring substituents is 2. The van der Waals surface area contributed by atoms with Gasteiger partial charge in [0.05, 0.1) is 21.6 Å². The number of aromatic nitrogens is 3. The van der Waals surface area contributed by atoms with Crippen molar-refractivity contribution < 1.29 is 9.85 Å². The van der Waals surface area contributed by atoms with Gasteiger partial charge in [-0.25, -0.2) is 0 Å². The molecule has 0 atom stereocenters. The van der Waals surface area contributed by atoms with Crippen LogP contribution in [0.3, 0.4) is 0 Å². The Labute approximate surface area is 139 Å². The predicted octanol–water partition coefficient (Wildman–Crippen LogP) is 3.39. The smallest absolute Gasteiger partial charge is 0.258 e. The van der Waals surface area contributed by atoms with Crippen LogP contribution >= 0.6 is 0 Å². The molecule has 0 fully saturated rings. The van der Waals surface area contributed by atoms with Gasteiger partial charge in [0.25, 0.3) is 5.69 Å². The van der Waals surface area contributed by atoms with Crippen LogP contribution in [0.4, 0.5) is 11.4 Å². The van der Waals surface area contributed by atoms with Crippen molar-refractivity contribution in [2.24, 2.45) is 0 Å². The van der Waals surface area contributed by atoms with Crippen LogP contribution in [-0.2, 0) is 0 Å². The quantitative estimate of drug-likeness (QED) is 0.418. The Morgan fingerprint density at radius 1 is 0.880 bits per heavy atom. The summed E-state index contributed by atoms with van der Waals surface area (Å²) in [5.41, 5.74) is -0.122. The number of hydrogen-bond donors (Lipinski definition) is 0. The Bertz CT molecular complexity index is 1160. The molecule has 25 heavy (non-hydrogen) atoms. The van der Waals surface area contributed by atoms with Gasteiger partial charge in [-0.15, -0.1) is 15.0 Å². The van der Waals surface area contributed by atoms with Crippen molar-refractivity contribution in [2.75, 3.05) is 0 Å². The summed E-state index contributed by atoms with van der Waals surface area (Å²) in [5.74, 6) is 0. The number of nitrogens with zero attached hydrogens (tertiary/aromatic N) is 5. The summed E-state index contributed by atoms with van der Waals surface area (Å²) in [7, 11) is 0. The molecule has 3 aromatic carbocycles. The number of fused-ring (bicyclic) bond motifs is 2. The number of benzene rings is 3. The van der Waals surface area contributed by atoms with E-state index in [2.05, 4.69) is 10.2 Å². The Balaban J connectivity index is 2.02. The molecule has 0 spiro atoms. The minimum atomic E-state index is -0.697. The van der Waals surface area contributed by atoms with Gasteiger partial charge in [-0.05, 0) is 11.5 Å². The van der Waals surface area contributed by atoms with Crippen LogP contribution in [0, 0.1) is 20.2 Å². The van der Waals surface area contributed by atoms with Crippen molar-refractivity contribution in [1.82, 2.24) is 15.0 Å². The molecule has 0 N–H and O–H groups in total. The second-order valence-electron chi connectivity index (χ2n) is 5.33. The fourth-order valence-electron chi connectivity index (χ4n) is 2.72. The molecule has 0 unspecified atom stereocenters. The lowest BCUT2D eigenvalue weighted by Gasteiger charge is -2.04. The standard InChI is InChI=1S/C16H9N5O4/c22-20(23)11-8-13-16(15(9-11)21(24)25)18-19(17-13)14-7-3-5-10-4-1-2-6-12(10)14/h1-9H. The minimum absolute atomic E-state index is 0.00327. The number of nitro benzene ring substituents is 2. The number of rotatable bonds is 3. The first-order valence-corrected chi connectivity index (χ1v) is 7.22. The van der Waals surface area contributed by atoms with E-state index in [9.17, 15) is 20.2 Å². The molecular weight excluding hydrogens is 326 g/mol. The molecule has 0 amide bonds. The highest BCUT2D eigenvalue weighted by Crippen LogP contribution is 2.30. The first kappa shape index (κ1) is 14.7. The van der Waals surface area contributed by atoms with Gasteiger partial charge in [0.2, 0.25) is 0 Å². The number of nitro groups is 2. The molecule has 1 heterocycles. The summed E-state index contributed by atoms with van der Waals surface area (Å²) in [4.78, 5) is 22.1. The minimum Gasteiger partial charge on any atom is -0.258 e. The topological polar surface area (TPSA) is 117 Å². The lowest BCUT2D eigenvalue weighted by atomic mass is 10.1. The van der Waals surface area contributed by atoms with E-state index in [0.717, 1.165) is 16.8 Å². The maximum atomic E-state index is 11.3. The average molecular weight is 335 g/mol. The third-order valence-electron chi connectivity index (χ3n) is 3.84. The summed E-state index contributed by atoms with van der Waals surface area (Å²) in [6.07, 6.45) is 0. The summed E-state index contributed by atoms with van der Waals surface area (Å²) < 4.78 is 0. The van der Waals surface area contributed by atoms with Gasteiger partial charge in [-0.2, -0.15) is 0 Å². The van der Waals surface area contributed by atoms with Gasteiger partial charge in [0.1, 0.15) is 5.52 Å². The highest BCUT2D eigenvalue weighted by molar-refractivity contribution is 5.91. The van der Waals surface area contributed by atoms with Crippen molar-refractivity contribution in [2.45, 2.75) is 0 Å². The summed E-state index contributed by atoms with van der Waals surface area (Å²) in [6.45, 7) is 0. The highest BCUT2D eigenvalue weighted by Gasteiger charge is 2.23. The zero-order valence-electron chi connectivity index (χ0n) is 12.6. The van der Waals surface area contributed by atoms with E-state index in [1.807, 2.05) is 36.4 Å². The van der Waals surface area contributed by atoms with Gasteiger partial charge in [-0.3, -0.25) is 20.2 Å². The van der Waals surface area contributed by atoms with Crippen molar-refractivity contribution in [3.8, 4) is 5.69 Å².